The first kappa shape index (κ1) is 13.5. The number of non-ortho nitro benzene ring substituents is 1. The summed E-state index contributed by atoms with van der Waals surface area (Å²) in [6, 6.07) is 5.04. The lowest BCUT2D eigenvalue weighted by molar-refractivity contribution is -0.432. The van der Waals surface area contributed by atoms with Crippen LogP contribution in [0.4, 0.5) is 5.69 Å². The second-order valence-electron chi connectivity index (χ2n) is 2.22. The van der Waals surface area contributed by atoms with Crippen LogP contribution < -0.4 is 14.7 Å². The number of benzene rings is 1. The lowest BCUT2D eigenvalue weighted by atomic mass is 10.3. The van der Waals surface area contributed by atoms with Gasteiger partial charge < -0.3 is 24.4 Å². The number of nitro groups is 1. The van der Waals surface area contributed by atoms with Crippen molar-refractivity contribution in [1.29, 1.82) is 0 Å². The maximum Gasteiger partial charge on any atom is 0.269 e. The van der Waals surface area contributed by atoms with Crippen LogP contribution in [0.15, 0.2) is 24.3 Å². The molecule has 15 heavy (non-hydrogen) atoms. The average molecular weight is 234 g/mol. The first-order chi connectivity index (χ1) is 6.70. The quantitative estimate of drug-likeness (QED) is 0.352. The number of hydrogen-bond donors (Lipinski definition) is 1. The maximum absolute atomic E-state index is 10.0. The second kappa shape index (κ2) is 5.42. The molecule has 0 radical (unpaired) electrons. The molecule has 0 amide bonds. The fraction of sp³-hybridized carbons (Fsp3) is 0. The van der Waals surface area contributed by atoms with Crippen molar-refractivity contribution in [2.45, 2.75) is 0 Å². The minimum absolute atomic E-state index is 0.0159. The monoisotopic (exact) mass is 234 g/mol. The molecule has 0 aliphatic heterocycles. The summed E-state index contributed by atoms with van der Waals surface area (Å²) in [4.78, 5) is 35.2. The van der Waals surface area contributed by atoms with Gasteiger partial charge in [0.25, 0.3) is 5.69 Å². The maximum atomic E-state index is 10.0. The van der Waals surface area contributed by atoms with Gasteiger partial charge in [0.1, 0.15) is 5.75 Å². The van der Waals surface area contributed by atoms with Crippen LogP contribution in [-0.2, 0) is 4.57 Å². The number of phenols is 1. The Balaban J connectivity index is 0.000000336. The fourth-order valence-electron chi connectivity index (χ4n) is 0.574. The third-order valence-corrected chi connectivity index (χ3v) is 1.06. The Kier molecular flexibility index (Phi) is 4.89. The van der Waals surface area contributed by atoms with Crippen molar-refractivity contribution < 1.29 is 29.3 Å². The van der Waals surface area contributed by atoms with Crippen molar-refractivity contribution in [1.82, 2.24) is 0 Å². The van der Waals surface area contributed by atoms with Crippen LogP contribution in [0.2, 0.25) is 0 Å². The summed E-state index contributed by atoms with van der Waals surface area (Å²) in [6.07, 6.45) is 0. The zero-order valence-electron chi connectivity index (χ0n) is 7.10. The van der Waals surface area contributed by atoms with Crippen LogP contribution in [0.25, 0.3) is 0 Å². The molecule has 84 valence electrons. The Bertz CT molecular complexity index is 361. The molecule has 0 atom stereocenters. The third-order valence-electron chi connectivity index (χ3n) is 1.06. The molecule has 0 saturated carbocycles. The first-order valence-corrected chi connectivity index (χ1v) is 4.82. The van der Waals surface area contributed by atoms with Gasteiger partial charge in [-0.1, -0.05) is 0 Å². The number of aromatic hydroxyl groups is 1. The van der Waals surface area contributed by atoms with E-state index in [-0.39, 0.29) is 11.4 Å². The van der Waals surface area contributed by atoms with Gasteiger partial charge in [-0.3, -0.25) is 10.1 Å². The van der Waals surface area contributed by atoms with Crippen LogP contribution in [0.3, 0.4) is 0 Å². The van der Waals surface area contributed by atoms with Gasteiger partial charge in [0.05, 0.1) is 4.92 Å². The molecule has 0 aromatic heterocycles. The Labute approximate surface area is 83.8 Å². The predicted molar refractivity (Wildman–Crippen MR) is 42.4 cm³/mol. The summed E-state index contributed by atoms with van der Waals surface area (Å²) in [7, 11) is -5.39. The highest BCUT2D eigenvalue weighted by atomic mass is 31.2. The largest absolute Gasteiger partial charge is 0.822 e. The van der Waals surface area contributed by atoms with Crippen LogP contribution >= 0.6 is 7.82 Å². The van der Waals surface area contributed by atoms with Crippen molar-refractivity contribution in [3.05, 3.63) is 34.4 Å². The highest BCUT2D eigenvalue weighted by Crippen LogP contribution is 2.14. The summed E-state index contributed by atoms with van der Waals surface area (Å²) in [5, 5.41) is 18.8. The topological polar surface area (TPSA) is 150 Å². The van der Waals surface area contributed by atoms with E-state index in [0.29, 0.717) is 0 Å². The molecule has 9 heteroatoms. The summed E-state index contributed by atoms with van der Waals surface area (Å²) >= 11 is 0. The van der Waals surface area contributed by atoms with Crippen LogP contribution in [0, 0.1) is 10.1 Å². The van der Waals surface area contributed by atoms with Crippen molar-refractivity contribution in [2.24, 2.45) is 0 Å². The van der Waals surface area contributed by atoms with Gasteiger partial charge in [-0.2, -0.15) is 7.82 Å². The lowest BCUT2D eigenvalue weighted by Crippen LogP contribution is -2.24. The number of nitro benzene ring substituents is 1. The predicted octanol–water partition coefficient (Wildman–Crippen LogP) is -1.52. The summed E-state index contributed by atoms with van der Waals surface area (Å²) in [5.41, 5.74) is -0.0159. The number of phenolic OH excluding ortho intramolecular Hbond substituents is 1. The molecule has 0 spiro atoms. The Morgan fingerprint density at radius 1 is 1.13 bits per heavy atom. The SMILES string of the molecule is O=P([O-])([O-])[O-].O=[N+]([O-])c1ccc(O)cc1. The number of phosphoric acid groups is 1. The highest BCUT2D eigenvalue weighted by molar-refractivity contribution is 7.40. The molecule has 0 aliphatic rings. The van der Waals surface area contributed by atoms with Crippen molar-refractivity contribution >= 4 is 13.5 Å². The Hall–Kier alpha value is -1.47. The van der Waals surface area contributed by atoms with Gasteiger partial charge in [-0.15, -0.1) is 0 Å². The minimum Gasteiger partial charge on any atom is -0.822 e. The molecule has 0 unspecified atom stereocenters. The zero-order chi connectivity index (χ0) is 12.1. The Morgan fingerprint density at radius 3 is 1.73 bits per heavy atom. The summed E-state index contributed by atoms with van der Waals surface area (Å²) in [5.74, 6) is 0.0330. The molecule has 0 bridgehead atoms. The van der Waals surface area contributed by atoms with Gasteiger partial charge in [0.2, 0.25) is 0 Å². The van der Waals surface area contributed by atoms with Gasteiger partial charge in [-0.05, 0) is 12.1 Å². The number of hydrogen-bond acceptors (Lipinski definition) is 7. The molecule has 0 heterocycles. The molecule has 1 N–H and O–H groups in total. The van der Waals surface area contributed by atoms with E-state index in [2.05, 4.69) is 0 Å². The fourth-order valence-corrected chi connectivity index (χ4v) is 0.574. The highest BCUT2D eigenvalue weighted by Gasteiger charge is 2.01. The van der Waals surface area contributed by atoms with E-state index >= 15 is 0 Å². The molecule has 0 fully saturated rings. The van der Waals surface area contributed by atoms with Crippen molar-refractivity contribution in [3.8, 4) is 5.75 Å². The molecule has 0 saturated heterocycles. The molecule has 1 aromatic rings. The van der Waals surface area contributed by atoms with E-state index in [0.717, 1.165) is 0 Å². The summed E-state index contributed by atoms with van der Waals surface area (Å²) in [6.45, 7) is 0. The second-order valence-corrected chi connectivity index (χ2v) is 3.12. The van der Waals surface area contributed by atoms with Crippen molar-refractivity contribution in [3.63, 3.8) is 0 Å². The van der Waals surface area contributed by atoms with Gasteiger partial charge >= 0.3 is 0 Å². The van der Waals surface area contributed by atoms with Crippen molar-refractivity contribution in [2.75, 3.05) is 0 Å². The molecular formula is C6H5NO7P-3. The standard InChI is InChI=1S/C6H5NO3.H3O4P/c8-6-3-1-5(2-4-6)7(9)10;1-5(2,3)4/h1-4,8H;(H3,1,2,3,4)/p-3. The molecule has 8 nitrogen and oxygen atoms in total. The number of rotatable bonds is 1. The minimum atomic E-state index is -5.39. The van der Waals surface area contributed by atoms with Gasteiger partial charge in [-0.25, -0.2) is 0 Å². The molecule has 1 aromatic carbocycles. The molecule has 1 rings (SSSR count). The van der Waals surface area contributed by atoms with E-state index in [1.165, 1.54) is 24.3 Å². The Morgan fingerprint density at radius 2 is 1.47 bits per heavy atom. The van der Waals surface area contributed by atoms with E-state index < -0.39 is 12.7 Å². The van der Waals surface area contributed by atoms with Crippen LogP contribution in [0.1, 0.15) is 0 Å². The lowest BCUT2D eigenvalue weighted by Gasteiger charge is -2.36. The van der Waals surface area contributed by atoms with Crippen LogP contribution in [0.5, 0.6) is 5.75 Å². The van der Waals surface area contributed by atoms with Gasteiger partial charge in [0.15, 0.2) is 0 Å². The average Bonchev–Trinajstić information content (AvgIpc) is 2.01. The first-order valence-electron chi connectivity index (χ1n) is 3.36. The normalized spacial score (nSPS) is 10.1. The molecule has 0 aliphatic carbocycles. The smallest absolute Gasteiger partial charge is 0.269 e. The number of nitrogens with zero attached hydrogens (tertiary/aromatic N) is 1. The summed E-state index contributed by atoms with van der Waals surface area (Å²) < 4.78 is 8.55. The van der Waals surface area contributed by atoms with Crippen LogP contribution in [-0.4, -0.2) is 10.0 Å². The zero-order valence-corrected chi connectivity index (χ0v) is 7.99. The van der Waals surface area contributed by atoms with Gasteiger partial charge in [0, 0.05) is 12.1 Å². The van der Waals surface area contributed by atoms with E-state index in [9.17, 15) is 10.1 Å². The molecular weight excluding hydrogens is 229 g/mol. The van der Waals surface area contributed by atoms with E-state index in [4.69, 9.17) is 24.4 Å². The van der Waals surface area contributed by atoms with E-state index in [1.54, 1.807) is 0 Å². The third kappa shape index (κ3) is 8.85. The van der Waals surface area contributed by atoms with E-state index in [1.807, 2.05) is 0 Å².